The molecule has 0 saturated carbocycles. The van der Waals surface area contributed by atoms with Crippen LogP contribution in [0.25, 0.3) is 10.9 Å². The number of aromatic nitrogens is 1. The largest absolute Gasteiger partial charge is 0.351 e. The second kappa shape index (κ2) is 9.10. The van der Waals surface area contributed by atoms with Gasteiger partial charge in [-0.15, -0.1) is 0 Å². The number of rotatable bonds is 5. The van der Waals surface area contributed by atoms with Gasteiger partial charge in [-0.25, -0.2) is 14.0 Å². The summed E-state index contributed by atoms with van der Waals surface area (Å²) in [5, 5.41) is 3.54. The number of urea groups is 1. The van der Waals surface area contributed by atoms with Gasteiger partial charge >= 0.3 is 12.1 Å². The fourth-order valence-corrected chi connectivity index (χ4v) is 4.88. The van der Waals surface area contributed by atoms with Gasteiger partial charge in [0.25, 0.3) is 0 Å². The number of amides is 3. The Labute approximate surface area is 201 Å². The molecule has 0 spiro atoms. The molecule has 3 amide bonds. The highest BCUT2D eigenvalue weighted by Gasteiger charge is 2.45. The van der Waals surface area contributed by atoms with Gasteiger partial charge in [-0.1, -0.05) is 41.9 Å². The molecule has 178 valence electrons. The molecule has 34 heavy (non-hydrogen) atoms. The first-order valence-electron chi connectivity index (χ1n) is 11.1. The Kier molecular flexibility index (Phi) is 6.36. The van der Waals surface area contributed by atoms with Gasteiger partial charge in [0.2, 0.25) is 0 Å². The van der Waals surface area contributed by atoms with Crippen LogP contribution in [0.4, 0.5) is 19.7 Å². The molecule has 1 aromatic heterocycles. The Morgan fingerprint density at radius 1 is 1.18 bits per heavy atom. The van der Waals surface area contributed by atoms with Crippen LogP contribution in [0.5, 0.6) is 0 Å². The zero-order valence-corrected chi connectivity index (χ0v) is 19.7. The van der Waals surface area contributed by atoms with Gasteiger partial charge in [-0.2, -0.15) is 0 Å². The molecular weight excluding hydrogens is 459 g/mol. The number of nitrogens with one attached hydrogen (secondary N) is 1. The standard InChI is InChI=1S/C25H26ClFN4O3/c1-25(2)13-12-20(21(32)11-10-15-6-5-8-17(26)22(15)27)31(25)24(34)29-18-14-30(23(28)33)19-9-4-3-7-16(18)19/h3-9,14,20H,10-13H2,1-2H3,(H2,28,33)(H,29,34)/t20-/m0/s1. The third-order valence-electron chi connectivity index (χ3n) is 6.45. The molecule has 0 unspecified atom stereocenters. The number of ketones is 1. The number of hydrogen-bond acceptors (Lipinski definition) is 3. The van der Waals surface area contributed by atoms with Crippen molar-refractivity contribution in [3.8, 4) is 0 Å². The Morgan fingerprint density at radius 3 is 2.65 bits per heavy atom. The van der Waals surface area contributed by atoms with E-state index in [1.165, 1.54) is 16.8 Å². The van der Waals surface area contributed by atoms with Crippen molar-refractivity contribution in [2.24, 2.45) is 5.73 Å². The molecule has 1 atom stereocenters. The second-order valence-corrected chi connectivity index (χ2v) is 9.52. The van der Waals surface area contributed by atoms with Gasteiger partial charge in [0, 0.05) is 23.5 Å². The Morgan fingerprint density at radius 2 is 1.91 bits per heavy atom. The number of hydrogen-bond donors (Lipinski definition) is 2. The minimum absolute atomic E-state index is 0.0167. The zero-order chi connectivity index (χ0) is 24.6. The zero-order valence-electron chi connectivity index (χ0n) is 19.0. The molecule has 1 saturated heterocycles. The molecule has 9 heteroatoms. The van der Waals surface area contributed by atoms with Crippen LogP contribution in [0.1, 0.15) is 38.7 Å². The molecule has 0 radical (unpaired) electrons. The van der Waals surface area contributed by atoms with Crippen LogP contribution < -0.4 is 11.1 Å². The van der Waals surface area contributed by atoms with E-state index in [0.717, 1.165) is 0 Å². The topological polar surface area (TPSA) is 97.4 Å². The van der Waals surface area contributed by atoms with E-state index < -0.39 is 29.5 Å². The lowest BCUT2D eigenvalue weighted by atomic mass is 10.0. The van der Waals surface area contributed by atoms with Crippen molar-refractivity contribution in [1.29, 1.82) is 0 Å². The number of benzene rings is 2. The van der Waals surface area contributed by atoms with E-state index in [4.69, 9.17) is 17.3 Å². The number of fused-ring (bicyclic) bond motifs is 1. The number of nitrogens with zero attached hydrogens (tertiary/aromatic N) is 2. The fraction of sp³-hybridized carbons (Fsp3) is 0.320. The molecule has 2 heterocycles. The van der Waals surface area contributed by atoms with Gasteiger partial charge in [0.15, 0.2) is 5.78 Å². The molecule has 4 rings (SSSR count). The molecule has 0 bridgehead atoms. The number of carbonyl (C=O) groups excluding carboxylic acids is 3. The van der Waals surface area contributed by atoms with Crippen molar-refractivity contribution in [3.05, 3.63) is 65.1 Å². The number of likely N-dealkylation sites (tertiary alicyclic amines) is 1. The van der Waals surface area contributed by atoms with Crippen molar-refractivity contribution in [2.75, 3.05) is 5.32 Å². The maximum Gasteiger partial charge on any atom is 0.323 e. The first-order chi connectivity index (χ1) is 16.1. The predicted molar refractivity (Wildman–Crippen MR) is 130 cm³/mol. The number of Topliss-reactive ketones (excluding diaryl/α,β-unsaturated/α-hetero) is 1. The summed E-state index contributed by atoms with van der Waals surface area (Å²) in [6.45, 7) is 3.81. The lowest BCUT2D eigenvalue weighted by Gasteiger charge is -2.35. The summed E-state index contributed by atoms with van der Waals surface area (Å²) in [7, 11) is 0. The van der Waals surface area contributed by atoms with E-state index in [-0.39, 0.29) is 23.6 Å². The molecule has 7 nitrogen and oxygen atoms in total. The Balaban J connectivity index is 1.55. The maximum absolute atomic E-state index is 14.2. The minimum atomic E-state index is -0.667. The maximum atomic E-state index is 14.2. The Hall–Kier alpha value is -3.39. The molecule has 1 aliphatic heterocycles. The van der Waals surface area contributed by atoms with Crippen molar-refractivity contribution in [3.63, 3.8) is 0 Å². The summed E-state index contributed by atoms with van der Waals surface area (Å²) in [6.07, 6.45) is 2.92. The number of carbonyl (C=O) groups is 3. The fourth-order valence-electron chi connectivity index (χ4n) is 4.69. The van der Waals surface area contributed by atoms with Crippen molar-refractivity contribution in [2.45, 2.75) is 51.1 Å². The second-order valence-electron chi connectivity index (χ2n) is 9.11. The van der Waals surface area contributed by atoms with Gasteiger partial charge in [-0.05, 0) is 50.8 Å². The average Bonchev–Trinajstić information content (AvgIpc) is 3.31. The van der Waals surface area contributed by atoms with E-state index in [9.17, 15) is 18.8 Å². The minimum Gasteiger partial charge on any atom is -0.351 e. The van der Waals surface area contributed by atoms with Gasteiger partial charge < -0.3 is 16.0 Å². The Bertz CT molecular complexity index is 1290. The highest BCUT2D eigenvalue weighted by molar-refractivity contribution is 6.30. The molecule has 1 aliphatic rings. The number of nitrogens with two attached hydrogens (primary N) is 1. The first kappa shape index (κ1) is 23.8. The number of anilines is 1. The predicted octanol–water partition coefficient (Wildman–Crippen LogP) is 5.34. The molecule has 1 fully saturated rings. The normalized spacial score (nSPS) is 17.2. The lowest BCUT2D eigenvalue weighted by Crippen LogP contribution is -2.51. The first-order valence-corrected chi connectivity index (χ1v) is 11.4. The van der Waals surface area contributed by atoms with Crippen LogP contribution in [-0.2, 0) is 11.2 Å². The van der Waals surface area contributed by atoms with Gasteiger partial charge in [0.05, 0.1) is 22.3 Å². The van der Waals surface area contributed by atoms with Crippen molar-refractivity contribution in [1.82, 2.24) is 9.47 Å². The quantitative estimate of drug-likeness (QED) is 0.511. The van der Waals surface area contributed by atoms with E-state index in [1.54, 1.807) is 41.3 Å². The van der Waals surface area contributed by atoms with Crippen molar-refractivity contribution >= 4 is 46.0 Å². The molecule has 3 aromatic rings. The van der Waals surface area contributed by atoms with Crippen LogP contribution in [0, 0.1) is 5.82 Å². The molecule has 3 N–H and O–H groups in total. The highest BCUT2D eigenvalue weighted by Crippen LogP contribution is 2.36. The number of primary amides is 1. The van der Waals surface area contributed by atoms with Crippen LogP contribution in [0.15, 0.2) is 48.7 Å². The van der Waals surface area contributed by atoms with E-state index in [2.05, 4.69) is 5.32 Å². The van der Waals surface area contributed by atoms with E-state index in [0.29, 0.717) is 35.0 Å². The summed E-state index contributed by atoms with van der Waals surface area (Å²) in [6, 6.07) is 10.0. The summed E-state index contributed by atoms with van der Waals surface area (Å²) in [4.78, 5) is 39.9. The van der Waals surface area contributed by atoms with Crippen LogP contribution in [0.2, 0.25) is 5.02 Å². The van der Waals surface area contributed by atoms with Crippen LogP contribution in [0.3, 0.4) is 0 Å². The number of para-hydroxylation sites is 1. The van der Waals surface area contributed by atoms with Crippen LogP contribution >= 0.6 is 11.6 Å². The van der Waals surface area contributed by atoms with E-state index >= 15 is 0 Å². The monoisotopic (exact) mass is 484 g/mol. The molecular formula is C25H26ClFN4O3. The summed E-state index contributed by atoms with van der Waals surface area (Å²) < 4.78 is 15.5. The lowest BCUT2D eigenvalue weighted by molar-refractivity contribution is -0.123. The summed E-state index contributed by atoms with van der Waals surface area (Å²) in [5.41, 5.74) is 6.28. The van der Waals surface area contributed by atoms with Gasteiger partial charge in [0.1, 0.15) is 5.82 Å². The molecule has 2 aromatic carbocycles. The van der Waals surface area contributed by atoms with Crippen molar-refractivity contribution < 1.29 is 18.8 Å². The average molecular weight is 485 g/mol. The third kappa shape index (κ3) is 4.37. The van der Waals surface area contributed by atoms with Gasteiger partial charge in [-0.3, -0.25) is 9.36 Å². The molecule has 0 aliphatic carbocycles. The third-order valence-corrected chi connectivity index (χ3v) is 6.74. The number of aryl methyl sites for hydroxylation is 1. The summed E-state index contributed by atoms with van der Waals surface area (Å²) in [5.74, 6) is -0.663. The number of halogens is 2. The van der Waals surface area contributed by atoms with Crippen LogP contribution in [-0.4, -0.2) is 38.9 Å². The summed E-state index contributed by atoms with van der Waals surface area (Å²) >= 11 is 5.85. The van der Waals surface area contributed by atoms with E-state index in [1.807, 2.05) is 13.8 Å². The SMILES string of the molecule is CC1(C)CC[C@@H](C(=O)CCc2cccc(Cl)c2F)N1C(=O)Nc1cn(C(N)=O)c2ccccc12. The highest BCUT2D eigenvalue weighted by atomic mass is 35.5. The smallest absolute Gasteiger partial charge is 0.323 e.